The highest BCUT2D eigenvalue weighted by Gasteiger charge is 2.25. The molecule has 0 N–H and O–H groups in total. The molecule has 0 aromatic rings. The second-order valence-corrected chi connectivity index (χ2v) is 5.77. The summed E-state index contributed by atoms with van der Waals surface area (Å²) in [5.41, 5.74) is 0. The van der Waals surface area contributed by atoms with Crippen molar-refractivity contribution in [2.45, 2.75) is 0 Å². The van der Waals surface area contributed by atoms with Crippen LogP contribution in [-0.2, 0) is 19.2 Å². The predicted octanol–water partition coefficient (Wildman–Crippen LogP) is 0.133. The molecule has 2 aliphatic rings. The van der Waals surface area contributed by atoms with E-state index in [1.165, 1.54) is 45.9 Å². The summed E-state index contributed by atoms with van der Waals surface area (Å²) in [7, 11) is 2.47. The van der Waals surface area contributed by atoms with Crippen LogP contribution in [-0.4, -0.2) is 45.2 Å². The summed E-state index contributed by atoms with van der Waals surface area (Å²) in [5, 5.41) is 0. The molecule has 6 nitrogen and oxygen atoms in total. The number of nitrogens with zero attached hydrogens (tertiary/aromatic N) is 2. The second kappa shape index (κ2) is 5.40. The van der Waals surface area contributed by atoms with Crippen LogP contribution in [0.2, 0.25) is 0 Å². The lowest BCUT2D eigenvalue weighted by Crippen LogP contribution is -2.30. The fourth-order valence-corrected chi connectivity index (χ4v) is 3.25. The third-order valence-electron chi connectivity index (χ3n) is 2.25. The van der Waals surface area contributed by atoms with Crippen molar-refractivity contribution in [1.29, 1.82) is 0 Å². The normalized spacial score (nSPS) is 18.7. The zero-order chi connectivity index (χ0) is 13.1. The molecule has 0 aliphatic carbocycles. The summed E-state index contributed by atoms with van der Waals surface area (Å²) >= 11 is 0. The number of carbonyl (C=O) groups excluding carboxylic acids is 4. The van der Waals surface area contributed by atoms with Gasteiger partial charge in [0.25, 0.3) is 23.6 Å². The van der Waals surface area contributed by atoms with E-state index in [-0.39, 0.29) is 35.4 Å². The van der Waals surface area contributed by atoms with Crippen molar-refractivity contribution in [1.82, 2.24) is 9.80 Å². The molecule has 4 amide bonds. The molecule has 0 radical (unpaired) electrons. The van der Waals surface area contributed by atoms with Gasteiger partial charge in [0.15, 0.2) is 0 Å². The van der Waals surface area contributed by atoms with Gasteiger partial charge in [0, 0.05) is 24.3 Å². The molecule has 0 fully saturated rings. The van der Waals surface area contributed by atoms with Gasteiger partial charge in [-0.1, -0.05) is 21.6 Å². The van der Waals surface area contributed by atoms with Crippen LogP contribution < -0.4 is 0 Å². The van der Waals surface area contributed by atoms with E-state index in [4.69, 9.17) is 0 Å². The third kappa shape index (κ3) is 2.65. The highest BCUT2D eigenvalue weighted by atomic mass is 33.1. The molecule has 2 rings (SSSR count). The van der Waals surface area contributed by atoms with Gasteiger partial charge in [0.05, 0.1) is 11.8 Å². The average Bonchev–Trinajstić information content (AvgIpc) is 2.82. The zero-order valence-corrected chi connectivity index (χ0v) is 10.7. The van der Waals surface area contributed by atoms with Gasteiger partial charge in [0.1, 0.15) is 0 Å². The predicted molar refractivity (Wildman–Crippen MR) is 66.9 cm³/mol. The van der Waals surface area contributed by atoms with Crippen molar-refractivity contribution >= 4 is 45.2 Å². The van der Waals surface area contributed by atoms with Gasteiger partial charge in [-0.2, -0.15) is 0 Å². The number of amides is 4. The summed E-state index contributed by atoms with van der Waals surface area (Å²) in [6.07, 6.45) is 4.85. The van der Waals surface area contributed by atoms with E-state index in [1.54, 1.807) is 0 Å². The Morgan fingerprint density at radius 3 is 1.22 bits per heavy atom. The molecular weight excluding hydrogens is 276 g/mol. The van der Waals surface area contributed by atoms with Gasteiger partial charge in [-0.15, -0.1) is 0 Å². The summed E-state index contributed by atoms with van der Waals surface area (Å²) in [5.74, 6) is -0.991. The summed E-state index contributed by atoms with van der Waals surface area (Å²) in [4.78, 5) is 47.0. The van der Waals surface area contributed by atoms with Crippen LogP contribution in [0, 0.1) is 0 Å². The Hall–Kier alpha value is -1.54. The van der Waals surface area contributed by atoms with Gasteiger partial charge in [0.2, 0.25) is 0 Å². The minimum atomic E-state index is -0.344. The lowest BCUT2D eigenvalue weighted by molar-refractivity contribution is -0.137. The molecule has 0 aromatic carbocycles. The fourth-order valence-electron chi connectivity index (χ4n) is 1.30. The minimum absolute atomic E-state index is 0.193. The summed E-state index contributed by atoms with van der Waals surface area (Å²) in [6, 6.07) is 0. The monoisotopic (exact) mass is 284 g/mol. The quantitative estimate of drug-likeness (QED) is 0.406. The molecule has 2 heterocycles. The van der Waals surface area contributed by atoms with Gasteiger partial charge in [-0.3, -0.25) is 29.0 Å². The van der Waals surface area contributed by atoms with Crippen LogP contribution in [0.25, 0.3) is 0 Å². The van der Waals surface area contributed by atoms with Crippen molar-refractivity contribution in [3.05, 3.63) is 24.3 Å². The smallest absolute Gasteiger partial charge is 0.254 e. The van der Waals surface area contributed by atoms with Crippen molar-refractivity contribution in [2.75, 3.05) is 11.8 Å². The van der Waals surface area contributed by atoms with E-state index >= 15 is 0 Å². The van der Waals surface area contributed by atoms with Crippen molar-refractivity contribution in [2.24, 2.45) is 0 Å². The Bertz CT molecular complexity index is 406. The zero-order valence-electron chi connectivity index (χ0n) is 9.07. The van der Waals surface area contributed by atoms with E-state index in [1.807, 2.05) is 0 Å². The second-order valence-electron chi connectivity index (χ2n) is 3.37. The number of imide groups is 2. The minimum Gasteiger partial charge on any atom is -0.269 e. The van der Waals surface area contributed by atoms with E-state index in [2.05, 4.69) is 0 Å². The molecule has 18 heavy (non-hydrogen) atoms. The third-order valence-corrected chi connectivity index (χ3v) is 4.27. The molecule has 0 aromatic heterocycles. The molecule has 0 atom stereocenters. The van der Waals surface area contributed by atoms with Gasteiger partial charge >= 0.3 is 0 Å². The van der Waals surface area contributed by atoms with Crippen LogP contribution in [0.1, 0.15) is 0 Å². The summed E-state index contributed by atoms with van der Waals surface area (Å²) in [6.45, 7) is 0. The fraction of sp³-hybridized carbons (Fsp3) is 0.200. The maximum Gasteiger partial charge on any atom is 0.254 e. The van der Waals surface area contributed by atoms with E-state index < -0.39 is 0 Å². The molecule has 8 heteroatoms. The van der Waals surface area contributed by atoms with Crippen molar-refractivity contribution < 1.29 is 19.2 Å². The Balaban J connectivity index is 1.71. The lowest BCUT2D eigenvalue weighted by atomic mass is 10.6. The van der Waals surface area contributed by atoms with Gasteiger partial charge in [-0.25, -0.2) is 0 Å². The molecule has 94 valence electrons. The maximum absolute atomic E-state index is 11.2. The number of hydrogen-bond acceptors (Lipinski definition) is 6. The first kappa shape index (κ1) is 12.9. The van der Waals surface area contributed by atoms with Crippen LogP contribution in [0.3, 0.4) is 0 Å². The van der Waals surface area contributed by atoms with E-state index in [0.717, 1.165) is 9.80 Å². The molecule has 0 bridgehead atoms. The summed E-state index contributed by atoms with van der Waals surface area (Å²) < 4.78 is 0. The first-order valence-electron chi connectivity index (χ1n) is 4.91. The lowest BCUT2D eigenvalue weighted by Gasteiger charge is -2.15. The first-order chi connectivity index (χ1) is 8.59. The Labute approximate surface area is 110 Å². The number of carbonyl (C=O) groups is 4. The molecule has 0 spiro atoms. The van der Waals surface area contributed by atoms with E-state index in [9.17, 15) is 19.2 Å². The number of rotatable bonds is 5. The van der Waals surface area contributed by atoms with Crippen molar-refractivity contribution in [3.8, 4) is 0 Å². The molecule has 0 unspecified atom stereocenters. The van der Waals surface area contributed by atoms with Gasteiger partial charge < -0.3 is 0 Å². The van der Waals surface area contributed by atoms with Crippen LogP contribution in [0.5, 0.6) is 0 Å². The molecule has 0 saturated heterocycles. The van der Waals surface area contributed by atoms with Crippen LogP contribution >= 0.6 is 21.6 Å². The Morgan fingerprint density at radius 2 is 0.944 bits per heavy atom. The van der Waals surface area contributed by atoms with Crippen LogP contribution in [0.15, 0.2) is 24.3 Å². The first-order valence-corrected chi connectivity index (χ1v) is 7.40. The van der Waals surface area contributed by atoms with Crippen molar-refractivity contribution in [3.63, 3.8) is 0 Å². The largest absolute Gasteiger partial charge is 0.269 e. The SMILES string of the molecule is O=C1C=CC(=O)N1CSSCN1C(=O)C=CC1=O. The molecular formula is C10H8N2O4S2. The topological polar surface area (TPSA) is 74.8 Å². The number of hydrogen-bond donors (Lipinski definition) is 0. The standard InChI is InChI=1S/C10H8N2O4S2/c13-7-1-2-8(14)11(7)5-17-18-6-12-9(15)3-4-10(12)16/h1-4H,5-6H2. The van der Waals surface area contributed by atoms with Gasteiger partial charge in [-0.05, 0) is 0 Å². The molecule has 0 saturated carbocycles. The highest BCUT2D eigenvalue weighted by Crippen LogP contribution is 2.25. The average molecular weight is 284 g/mol. The Kier molecular flexibility index (Phi) is 3.87. The van der Waals surface area contributed by atoms with Crippen LogP contribution in [0.4, 0.5) is 0 Å². The van der Waals surface area contributed by atoms with E-state index in [0.29, 0.717) is 0 Å². The maximum atomic E-state index is 11.2. The molecule has 2 aliphatic heterocycles. The Morgan fingerprint density at radius 1 is 0.667 bits per heavy atom. The highest BCUT2D eigenvalue weighted by molar-refractivity contribution is 8.76.